The monoisotopic (exact) mass is 444 g/mol. The van der Waals surface area contributed by atoms with Gasteiger partial charge in [0.15, 0.2) is 0 Å². The second-order valence-corrected chi connectivity index (χ2v) is 9.60. The number of sulfonamides is 1. The van der Waals surface area contributed by atoms with E-state index < -0.39 is 10.0 Å². The van der Waals surface area contributed by atoms with Crippen LogP contribution in [0.4, 0.5) is 0 Å². The minimum atomic E-state index is -3.48. The van der Waals surface area contributed by atoms with Crippen LogP contribution >= 0.6 is 0 Å². The zero-order valence-corrected chi connectivity index (χ0v) is 18.3. The van der Waals surface area contributed by atoms with Crippen LogP contribution in [0.1, 0.15) is 12.0 Å². The van der Waals surface area contributed by atoms with Crippen LogP contribution in [0.3, 0.4) is 0 Å². The molecule has 2 aromatic carbocycles. The van der Waals surface area contributed by atoms with Crippen molar-refractivity contribution in [2.45, 2.75) is 11.3 Å². The molecule has 0 spiro atoms. The van der Waals surface area contributed by atoms with Crippen LogP contribution in [0.25, 0.3) is 5.57 Å². The van der Waals surface area contributed by atoms with Crippen molar-refractivity contribution >= 4 is 15.6 Å². The molecule has 0 aromatic heterocycles. The summed E-state index contributed by atoms with van der Waals surface area (Å²) < 4.78 is 37.9. The first-order valence-corrected chi connectivity index (χ1v) is 12.0. The molecule has 1 saturated heterocycles. The van der Waals surface area contributed by atoms with E-state index >= 15 is 0 Å². The number of nitrogens with zero attached hydrogens (tertiary/aromatic N) is 2. The Morgan fingerprint density at radius 3 is 2.32 bits per heavy atom. The molecule has 1 fully saturated rings. The molecule has 0 saturated carbocycles. The van der Waals surface area contributed by atoms with E-state index in [4.69, 9.17) is 9.47 Å². The lowest BCUT2D eigenvalue weighted by molar-refractivity contribution is 0.0730. The van der Waals surface area contributed by atoms with Crippen LogP contribution in [-0.2, 0) is 14.8 Å². The molecule has 0 bridgehead atoms. The fraction of sp³-hybridized carbons (Fsp3) is 0.391. The molecule has 4 rings (SSSR count). The maximum absolute atomic E-state index is 12.7. The van der Waals surface area contributed by atoms with Gasteiger partial charge in [0.2, 0.25) is 10.0 Å². The van der Waals surface area contributed by atoms with Gasteiger partial charge in [-0.2, -0.15) is 4.31 Å². The lowest BCUT2D eigenvalue weighted by atomic mass is 9.99. The van der Waals surface area contributed by atoms with Crippen molar-refractivity contribution in [2.75, 3.05) is 52.5 Å². The third-order valence-corrected chi connectivity index (χ3v) is 7.55. The summed E-state index contributed by atoms with van der Waals surface area (Å²) in [7, 11) is -3.48. The molecular formula is C23H28N2O5S. The van der Waals surface area contributed by atoms with Crippen LogP contribution in [0.5, 0.6) is 11.5 Å². The second-order valence-electron chi connectivity index (χ2n) is 7.66. The Labute approximate surface area is 183 Å². The summed E-state index contributed by atoms with van der Waals surface area (Å²) in [5.74, 6) is 0.948. The van der Waals surface area contributed by atoms with E-state index in [1.165, 1.54) is 9.88 Å². The average Bonchev–Trinajstić information content (AvgIpc) is 2.81. The largest absolute Gasteiger partial charge is 0.508 e. The van der Waals surface area contributed by atoms with Gasteiger partial charge in [-0.05, 0) is 54.0 Å². The summed E-state index contributed by atoms with van der Waals surface area (Å²) in [5, 5.41) is 9.42. The van der Waals surface area contributed by atoms with E-state index in [9.17, 15) is 13.5 Å². The number of rotatable bonds is 7. The smallest absolute Gasteiger partial charge is 0.243 e. The van der Waals surface area contributed by atoms with Crippen LogP contribution in [-0.4, -0.2) is 75.3 Å². The minimum Gasteiger partial charge on any atom is -0.508 e. The first kappa shape index (κ1) is 21.8. The Hall–Kier alpha value is -2.39. The van der Waals surface area contributed by atoms with E-state index in [1.807, 2.05) is 12.1 Å². The van der Waals surface area contributed by atoms with Gasteiger partial charge in [0.25, 0.3) is 0 Å². The SMILES string of the molecule is O=S(=O)(c1ccc(OCCN2CC=C(c3ccc(O)cc3)CC2)cc1)N1CCOCC1. The summed E-state index contributed by atoms with van der Waals surface area (Å²) in [5.41, 5.74) is 2.45. The number of hydrogen-bond donors (Lipinski definition) is 1. The number of hydrogen-bond acceptors (Lipinski definition) is 6. The zero-order chi connectivity index (χ0) is 21.7. The maximum atomic E-state index is 12.7. The maximum Gasteiger partial charge on any atom is 0.243 e. The van der Waals surface area contributed by atoms with Crippen LogP contribution in [0.2, 0.25) is 0 Å². The van der Waals surface area contributed by atoms with Gasteiger partial charge in [0, 0.05) is 32.7 Å². The van der Waals surface area contributed by atoms with Gasteiger partial charge in [0.05, 0.1) is 18.1 Å². The van der Waals surface area contributed by atoms with Gasteiger partial charge in [-0.25, -0.2) is 8.42 Å². The Morgan fingerprint density at radius 2 is 1.68 bits per heavy atom. The molecule has 166 valence electrons. The first-order valence-electron chi connectivity index (χ1n) is 10.5. The van der Waals surface area contributed by atoms with E-state index in [-0.39, 0.29) is 10.6 Å². The van der Waals surface area contributed by atoms with Gasteiger partial charge in [-0.1, -0.05) is 18.2 Å². The standard InChI is InChI=1S/C23H28N2O5S/c26-21-3-1-19(2-4-21)20-9-11-24(12-10-20)13-18-30-22-5-7-23(8-6-22)31(27,28)25-14-16-29-17-15-25/h1-9,26H,10-18H2. The summed E-state index contributed by atoms with van der Waals surface area (Å²) in [6.07, 6.45) is 3.18. The van der Waals surface area contributed by atoms with E-state index in [0.29, 0.717) is 38.7 Å². The summed E-state index contributed by atoms with van der Waals surface area (Å²) in [4.78, 5) is 2.60. The molecule has 2 aromatic rings. The highest BCUT2D eigenvalue weighted by molar-refractivity contribution is 7.89. The van der Waals surface area contributed by atoms with E-state index in [0.717, 1.165) is 31.6 Å². The topological polar surface area (TPSA) is 79.3 Å². The Balaban J connectivity index is 1.25. The molecule has 0 amide bonds. The molecular weight excluding hydrogens is 416 g/mol. The molecule has 31 heavy (non-hydrogen) atoms. The molecule has 7 nitrogen and oxygen atoms in total. The average molecular weight is 445 g/mol. The molecule has 8 heteroatoms. The van der Waals surface area contributed by atoms with Gasteiger partial charge < -0.3 is 14.6 Å². The molecule has 1 N–H and O–H groups in total. The van der Waals surface area contributed by atoms with Crippen LogP contribution in [0.15, 0.2) is 59.5 Å². The number of aromatic hydroxyl groups is 1. The van der Waals surface area contributed by atoms with Gasteiger partial charge >= 0.3 is 0 Å². The molecule has 0 aliphatic carbocycles. The van der Waals surface area contributed by atoms with E-state index in [1.54, 1.807) is 36.4 Å². The van der Waals surface area contributed by atoms with Gasteiger partial charge in [0.1, 0.15) is 18.1 Å². The van der Waals surface area contributed by atoms with Crippen molar-refractivity contribution in [2.24, 2.45) is 0 Å². The number of ether oxygens (including phenoxy) is 2. The number of benzene rings is 2. The molecule has 0 unspecified atom stereocenters. The predicted molar refractivity (Wildman–Crippen MR) is 119 cm³/mol. The van der Waals surface area contributed by atoms with Crippen molar-refractivity contribution in [3.05, 3.63) is 60.2 Å². The highest BCUT2D eigenvalue weighted by Gasteiger charge is 2.26. The van der Waals surface area contributed by atoms with Crippen molar-refractivity contribution in [3.8, 4) is 11.5 Å². The normalized spacial score (nSPS) is 18.5. The lowest BCUT2D eigenvalue weighted by Gasteiger charge is -2.26. The third-order valence-electron chi connectivity index (χ3n) is 5.64. The van der Waals surface area contributed by atoms with Gasteiger partial charge in [-0.15, -0.1) is 0 Å². The number of morpholine rings is 1. The summed E-state index contributed by atoms with van der Waals surface area (Å²) in [6, 6.07) is 14.0. The second kappa shape index (κ2) is 9.82. The first-order chi connectivity index (χ1) is 15.0. The van der Waals surface area contributed by atoms with Crippen LogP contribution < -0.4 is 4.74 Å². The summed E-state index contributed by atoms with van der Waals surface area (Å²) >= 11 is 0. The predicted octanol–water partition coefficient (Wildman–Crippen LogP) is 2.58. The van der Waals surface area contributed by atoms with Crippen molar-refractivity contribution in [1.29, 1.82) is 0 Å². The molecule has 0 radical (unpaired) electrons. The number of phenolic OH excluding ortho intramolecular Hbond substituents is 1. The Kier molecular flexibility index (Phi) is 6.92. The van der Waals surface area contributed by atoms with Crippen molar-refractivity contribution in [1.82, 2.24) is 9.21 Å². The summed E-state index contributed by atoms with van der Waals surface area (Å²) in [6.45, 7) is 4.79. The fourth-order valence-electron chi connectivity index (χ4n) is 3.79. The van der Waals surface area contributed by atoms with Crippen molar-refractivity contribution in [3.63, 3.8) is 0 Å². The van der Waals surface area contributed by atoms with Crippen molar-refractivity contribution < 1.29 is 23.0 Å². The highest BCUT2D eigenvalue weighted by atomic mass is 32.2. The molecule has 0 atom stereocenters. The minimum absolute atomic E-state index is 0.282. The molecule has 2 aliphatic rings. The number of phenols is 1. The fourth-order valence-corrected chi connectivity index (χ4v) is 5.20. The lowest BCUT2D eigenvalue weighted by Crippen LogP contribution is -2.40. The van der Waals surface area contributed by atoms with Crippen LogP contribution in [0, 0.1) is 0 Å². The van der Waals surface area contributed by atoms with E-state index in [2.05, 4.69) is 11.0 Å². The quantitative estimate of drug-likeness (QED) is 0.707. The van der Waals surface area contributed by atoms with Gasteiger partial charge in [-0.3, -0.25) is 4.90 Å². The Bertz CT molecular complexity index is 997. The zero-order valence-electron chi connectivity index (χ0n) is 17.4. The molecule has 2 heterocycles. The third kappa shape index (κ3) is 5.46. The Morgan fingerprint density at radius 1 is 0.968 bits per heavy atom. The highest BCUT2D eigenvalue weighted by Crippen LogP contribution is 2.24. The molecule has 2 aliphatic heterocycles.